The van der Waals surface area contributed by atoms with Crippen LogP contribution in [0.4, 0.5) is 16.2 Å². The molecule has 1 fully saturated rings. The minimum Gasteiger partial charge on any atom is -0.457 e. The zero-order valence-corrected chi connectivity index (χ0v) is 24.2. The van der Waals surface area contributed by atoms with Crippen LogP contribution in [0.3, 0.4) is 0 Å². The minimum absolute atomic E-state index is 0.178. The maximum absolute atomic E-state index is 13.0. The van der Waals surface area contributed by atoms with E-state index in [4.69, 9.17) is 4.74 Å². The van der Waals surface area contributed by atoms with Gasteiger partial charge in [0, 0.05) is 47.3 Å². The predicted octanol–water partition coefficient (Wildman–Crippen LogP) is 7.41. The van der Waals surface area contributed by atoms with Gasteiger partial charge in [-0.25, -0.2) is 4.79 Å². The van der Waals surface area contributed by atoms with E-state index in [1.165, 1.54) is 29.3 Å². The fourth-order valence-corrected chi connectivity index (χ4v) is 5.43. The molecule has 1 aromatic heterocycles. The summed E-state index contributed by atoms with van der Waals surface area (Å²) in [5, 5.41) is 9.68. The molecule has 2 heterocycles. The van der Waals surface area contributed by atoms with E-state index in [-0.39, 0.29) is 11.9 Å². The number of para-hydroxylation sites is 1. The molecule has 5 aromatic rings. The summed E-state index contributed by atoms with van der Waals surface area (Å²) in [6.45, 7) is 5.70. The maximum Gasteiger partial charge on any atom is 0.319 e. The van der Waals surface area contributed by atoms with E-state index in [2.05, 4.69) is 55.9 Å². The van der Waals surface area contributed by atoms with Crippen LogP contribution in [-0.2, 0) is 6.54 Å². The molecule has 0 saturated carbocycles. The molecule has 0 unspecified atom stereocenters. The largest absolute Gasteiger partial charge is 0.457 e. The van der Waals surface area contributed by atoms with Crippen LogP contribution in [0, 0.1) is 0 Å². The normalized spacial score (nSPS) is 13.1. The van der Waals surface area contributed by atoms with Gasteiger partial charge in [-0.15, -0.1) is 0 Å². The van der Waals surface area contributed by atoms with E-state index >= 15 is 0 Å². The standard InChI is InChI=1S/C35H35N5O3/c1-2-36-35(42)38-28-13-19-31(20-14-28)43-30-17-11-27(12-18-30)37-34(41)25-9-15-29(16-10-25)40-24-26(23-39-21-5-6-22-39)32-7-3-4-8-33(32)40/h3-4,7-20,24H,2,5-6,21-23H2,1H3,(H,37,41)(H2,36,38,42). The second-order valence-corrected chi connectivity index (χ2v) is 10.7. The number of hydrogen-bond acceptors (Lipinski definition) is 4. The lowest BCUT2D eigenvalue weighted by molar-refractivity contribution is 0.102. The number of nitrogens with zero attached hydrogens (tertiary/aromatic N) is 2. The van der Waals surface area contributed by atoms with Crippen molar-refractivity contribution in [3.63, 3.8) is 0 Å². The summed E-state index contributed by atoms with van der Waals surface area (Å²) >= 11 is 0. The highest BCUT2D eigenvalue weighted by Crippen LogP contribution is 2.28. The molecule has 218 valence electrons. The summed E-state index contributed by atoms with van der Waals surface area (Å²) < 4.78 is 8.13. The van der Waals surface area contributed by atoms with E-state index in [1.54, 1.807) is 48.5 Å². The van der Waals surface area contributed by atoms with Crippen molar-refractivity contribution >= 4 is 34.2 Å². The maximum atomic E-state index is 13.0. The molecule has 3 N–H and O–H groups in total. The Kier molecular flexibility index (Phi) is 8.38. The molecule has 0 atom stereocenters. The third-order valence-corrected chi connectivity index (χ3v) is 7.59. The number of anilines is 2. The van der Waals surface area contributed by atoms with Crippen molar-refractivity contribution in [1.29, 1.82) is 0 Å². The Morgan fingerprint density at radius 3 is 2.05 bits per heavy atom. The average Bonchev–Trinajstić information content (AvgIpc) is 3.68. The first-order valence-electron chi connectivity index (χ1n) is 14.7. The molecular formula is C35H35N5O3. The molecule has 3 amide bonds. The van der Waals surface area contributed by atoms with Crippen LogP contribution in [0.5, 0.6) is 11.5 Å². The molecule has 8 heteroatoms. The predicted molar refractivity (Wildman–Crippen MR) is 171 cm³/mol. The van der Waals surface area contributed by atoms with Crippen LogP contribution >= 0.6 is 0 Å². The highest BCUT2D eigenvalue weighted by Gasteiger charge is 2.16. The lowest BCUT2D eigenvalue weighted by Crippen LogP contribution is -2.28. The monoisotopic (exact) mass is 573 g/mol. The number of carbonyl (C=O) groups is 2. The lowest BCUT2D eigenvalue weighted by atomic mass is 10.1. The van der Waals surface area contributed by atoms with Crippen LogP contribution in [0.1, 0.15) is 35.7 Å². The third-order valence-electron chi connectivity index (χ3n) is 7.59. The number of nitrogens with one attached hydrogen (secondary N) is 3. The van der Waals surface area contributed by atoms with Gasteiger partial charge in [0.05, 0.1) is 5.52 Å². The fraction of sp³-hybridized carbons (Fsp3) is 0.200. The Labute approximate surface area is 251 Å². The number of likely N-dealkylation sites (tertiary alicyclic amines) is 1. The Hall–Kier alpha value is -5.08. The first-order chi connectivity index (χ1) is 21.1. The molecule has 8 nitrogen and oxygen atoms in total. The number of urea groups is 1. The van der Waals surface area contributed by atoms with Gasteiger partial charge in [-0.05, 0) is 117 Å². The fourth-order valence-electron chi connectivity index (χ4n) is 5.43. The van der Waals surface area contributed by atoms with Gasteiger partial charge in [0.2, 0.25) is 0 Å². The number of benzene rings is 4. The second-order valence-electron chi connectivity index (χ2n) is 10.7. The number of fused-ring (bicyclic) bond motifs is 1. The van der Waals surface area contributed by atoms with Gasteiger partial charge in [-0.3, -0.25) is 9.69 Å². The highest BCUT2D eigenvalue weighted by atomic mass is 16.5. The van der Waals surface area contributed by atoms with E-state index < -0.39 is 0 Å². The topological polar surface area (TPSA) is 87.6 Å². The first kappa shape index (κ1) is 28.1. The Balaban J connectivity index is 1.08. The third kappa shape index (κ3) is 6.71. The molecule has 0 aliphatic carbocycles. The summed E-state index contributed by atoms with van der Waals surface area (Å²) in [6, 6.07) is 30.3. The van der Waals surface area contributed by atoms with Crippen LogP contribution in [0.15, 0.2) is 103 Å². The van der Waals surface area contributed by atoms with Crippen molar-refractivity contribution in [2.45, 2.75) is 26.3 Å². The summed E-state index contributed by atoms with van der Waals surface area (Å²) in [4.78, 5) is 27.2. The minimum atomic E-state index is -0.249. The molecule has 1 saturated heterocycles. The van der Waals surface area contributed by atoms with Gasteiger partial charge in [-0.1, -0.05) is 18.2 Å². The molecule has 6 rings (SSSR count). The lowest BCUT2D eigenvalue weighted by Gasteiger charge is -2.13. The quantitative estimate of drug-likeness (QED) is 0.171. The average molecular weight is 574 g/mol. The molecular weight excluding hydrogens is 538 g/mol. The molecule has 1 aliphatic rings. The number of carbonyl (C=O) groups excluding carboxylic acids is 2. The van der Waals surface area contributed by atoms with E-state index in [9.17, 15) is 9.59 Å². The zero-order valence-electron chi connectivity index (χ0n) is 24.2. The SMILES string of the molecule is CCNC(=O)Nc1ccc(Oc2ccc(NC(=O)c3ccc(-n4cc(CN5CCCC5)c5ccccc54)cc3)cc2)cc1. The smallest absolute Gasteiger partial charge is 0.319 e. The molecule has 1 aliphatic heterocycles. The number of rotatable bonds is 9. The van der Waals surface area contributed by atoms with Gasteiger partial charge in [0.1, 0.15) is 11.5 Å². The summed E-state index contributed by atoms with van der Waals surface area (Å²) in [5.74, 6) is 1.09. The van der Waals surface area contributed by atoms with E-state index in [0.29, 0.717) is 35.0 Å². The number of aromatic nitrogens is 1. The molecule has 0 bridgehead atoms. The first-order valence-corrected chi connectivity index (χ1v) is 14.7. The van der Waals surface area contributed by atoms with Crippen molar-refractivity contribution < 1.29 is 14.3 Å². The second kappa shape index (κ2) is 12.8. The molecule has 43 heavy (non-hydrogen) atoms. The van der Waals surface area contributed by atoms with E-state index in [0.717, 1.165) is 25.3 Å². The van der Waals surface area contributed by atoms with Crippen molar-refractivity contribution in [2.75, 3.05) is 30.3 Å². The van der Waals surface area contributed by atoms with Gasteiger partial charge in [0.25, 0.3) is 5.91 Å². The number of amides is 3. The van der Waals surface area contributed by atoms with Crippen molar-refractivity contribution in [3.05, 3.63) is 114 Å². The summed E-state index contributed by atoms with van der Waals surface area (Å²) in [7, 11) is 0. The summed E-state index contributed by atoms with van der Waals surface area (Å²) in [6.07, 6.45) is 4.78. The van der Waals surface area contributed by atoms with Crippen LogP contribution in [0.25, 0.3) is 16.6 Å². The molecule has 4 aromatic carbocycles. The van der Waals surface area contributed by atoms with Crippen molar-refractivity contribution in [1.82, 2.24) is 14.8 Å². The summed E-state index contributed by atoms with van der Waals surface area (Å²) in [5.41, 5.74) is 5.45. The van der Waals surface area contributed by atoms with Crippen molar-refractivity contribution in [2.24, 2.45) is 0 Å². The van der Waals surface area contributed by atoms with Crippen molar-refractivity contribution in [3.8, 4) is 17.2 Å². The zero-order chi connectivity index (χ0) is 29.6. The van der Waals surface area contributed by atoms with Gasteiger partial charge < -0.3 is 25.3 Å². The Morgan fingerprint density at radius 1 is 0.767 bits per heavy atom. The van der Waals surface area contributed by atoms with Crippen LogP contribution in [-0.4, -0.2) is 41.0 Å². The highest BCUT2D eigenvalue weighted by molar-refractivity contribution is 6.04. The van der Waals surface area contributed by atoms with Crippen LogP contribution < -0.4 is 20.7 Å². The van der Waals surface area contributed by atoms with Gasteiger partial charge in [0.15, 0.2) is 0 Å². The Bertz CT molecular complexity index is 1700. The number of hydrogen-bond donors (Lipinski definition) is 3. The molecule has 0 radical (unpaired) electrons. The van der Waals surface area contributed by atoms with E-state index in [1.807, 2.05) is 31.2 Å². The molecule has 0 spiro atoms. The van der Waals surface area contributed by atoms with Gasteiger partial charge in [-0.2, -0.15) is 0 Å². The Morgan fingerprint density at radius 2 is 1.40 bits per heavy atom. The van der Waals surface area contributed by atoms with Gasteiger partial charge >= 0.3 is 6.03 Å². The number of ether oxygens (including phenoxy) is 1. The van der Waals surface area contributed by atoms with Crippen LogP contribution in [0.2, 0.25) is 0 Å².